The van der Waals surface area contributed by atoms with Crippen LogP contribution in [0.3, 0.4) is 0 Å². The predicted octanol–water partition coefficient (Wildman–Crippen LogP) is 4.50. The van der Waals surface area contributed by atoms with Crippen LogP contribution in [0, 0.1) is 13.8 Å². The number of carbonyl (C=O) groups is 2. The molecular weight excluding hydrogens is 923 g/mol. The van der Waals surface area contributed by atoms with Gasteiger partial charge in [-0.15, -0.1) is 0 Å². The summed E-state index contributed by atoms with van der Waals surface area (Å²) in [6.45, 7) is 12.9. The van der Waals surface area contributed by atoms with Gasteiger partial charge in [0.1, 0.15) is 36.5 Å². The molecule has 0 saturated carbocycles. The molecule has 0 amide bonds. The third-order valence-corrected chi connectivity index (χ3v) is 12.1. The van der Waals surface area contributed by atoms with Gasteiger partial charge in [0.2, 0.25) is 23.5 Å². The second-order valence-electron chi connectivity index (χ2n) is 16.6. The molecule has 0 unspecified atom stereocenters. The summed E-state index contributed by atoms with van der Waals surface area (Å²) in [7, 11) is 0. The molecule has 6 rings (SSSR count). The van der Waals surface area contributed by atoms with Crippen molar-refractivity contribution < 1.29 is 58.4 Å². The number of hydrogen-bond acceptors (Lipinski definition) is 16. The molecule has 4 aromatic rings. The average Bonchev–Trinajstić information content (AvgIpc) is 3.30. The number of benzene rings is 2. The molecule has 2 atom stereocenters. The van der Waals surface area contributed by atoms with Crippen molar-refractivity contribution in [3.8, 4) is 34.6 Å². The minimum absolute atomic E-state index is 0.0545. The number of nitrogens with one attached hydrogen (secondary N) is 2. The molecule has 20 heteroatoms. The van der Waals surface area contributed by atoms with E-state index in [0.717, 1.165) is 59.6 Å². The maximum absolute atomic E-state index is 11.0. The molecule has 2 aliphatic rings. The van der Waals surface area contributed by atoms with Crippen LogP contribution in [0.4, 0.5) is 0 Å². The largest absolute Gasteiger partial charge is 0.481 e. The number of aliphatic hydroxyl groups is 2. The van der Waals surface area contributed by atoms with E-state index in [-0.39, 0.29) is 74.0 Å². The van der Waals surface area contributed by atoms with E-state index in [4.69, 9.17) is 61.8 Å². The Bertz CT molecular complexity index is 2120. The van der Waals surface area contributed by atoms with Crippen LogP contribution in [0.2, 0.25) is 10.0 Å². The van der Waals surface area contributed by atoms with Crippen LogP contribution in [-0.4, -0.2) is 156 Å². The maximum atomic E-state index is 11.0. The van der Waals surface area contributed by atoms with Crippen molar-refractivity contribution in [2.45, 2.75) is 65.2 Å². The number of aliphatic hydroxyl groups excluding tert-OH is 2. The molecule has 0 spiro atoms. The SMILES string of the molecule is Cc1c(COc2nc(OCCN3CCOCC3)c(CNC[C@@H](O)CC(=O)O)cc2Cl)cccc1-c1cccc(COc2nc(OCCN3CCOCC3)c(CNC[C@@H](O)CC(=O)O)cc2Cl)c1C. The Morgan fingerprint density at radius 2 is 1.03 bits per heavy atom. The van der Waals surface area contributed by atoms with Crippen molar-refractivity contribution >= 4 is 35.1 Å². The highest BCUT2D eigenvalue weighted by Crippen LogP contribution is 2.35. The number of aromatic nitrogens is 2. The van der Waals surface area contributed by atoms with Crippen molar-refractivity contribution in [1.82, 2.24) is 30.4 Å². The minimum Gasteiger partial charge on any atom is -0.481 e. The Kier molecular flexibility index (Phi) is 20.7. The molecule has 18 nitrogen and oxygen atoms in total. The fourth-order valence-electron chi connectivity index (χ4n) is 7.74. The number of nitrogens with zero attached hydrogens (tertiary/aromatic N) is 4. The first-order chi connectivity index (χ1) is 32.8. The number of carboxylic acids is 2. The van der Waals surface area contributed by atoms with Gasteiger partial charge in [0.15, 0.2) is 0 Å². The molecule has 0 bridgehead atoms. The van der Waals surface area contributed by atoms with Crippen molar-refractivity contribution in [1.29, 1.82) is 0 Å². The molecule has 370 valence electrons. The highest BCUT2D eigenvalue weighted by atomic mass is 35.5. The van der Waals surface area contributed by atoms with E-state index in [1.54, 1.807) is 12.1 Å². The molecule has 0 aliphatic carbocycles. The number of rotatable bonds is 27. The number of ether oxygens (including phenoxy) is 6. The zero-order chi connectivity index (χ0) is 48.4. The lowest BCUT2D eigenvalue weighted by atomic mass is 9.92. The minimum atomic E-state index is -1.09. The van der Waals surface area contributed by atoms with Crippen molar-refractivity contribution in [3.05, 3.63) is 92.0 Å². The molecule has 2 aromatic carbocycles. The van der Waals surface area contributed by atoms with Crippen molar-refractivity contribution in [2.24, 2.45) is 0 Å². The van der Waals surface area contributed by atoms with Gasteiger partial charge < -0.3 is 59.5 Å². The first-order valence-electron chi connectivity index (χ1n) is 22.7. The van der Waals surface area contributed by atoms with E-state index in [0.29, 0.717) is 75.6 Å². The standard InChI is InChI=1S/C48H62Cl2N6O12/c1-31-33(29-67-47-41(49)21-35(25-51-27-37(57)23-43(59)60)45(53-47)65-19-13-55-9-15-63-16-10-55)5-3-7-39(31)40-8-4-6-34(32(40)2)30-68-48-42(50)22-36(26-52-28-38(58)24-44(61)62)46(54-48)66-20-14-56-11-17-64-18-12-56/h3-8,21-22,37-38,51-52,57-58H,9-20,23-30H2,1-2H3,(H,59,60)(H,61,62)/t37-,38-/m0/s1. The first kappa shape index (κ1) is 52.5. The average molecular weight is 986 g/mol. The number of pyridine rings is 2. The quantitative estimate of drug-likeness (QED) is 0.0484. The fraction of sp³-hybridized carbons (Fsp3) is 0.500. The van der Waals surface area contributed by atoms with Crippen LogP contribution in [0.1, 0.15) is 46.2 Å². The normalized spacial score (nSPS) is 15.4. The lowest BCUT2D eigenvalue weighted by molar-refractivity contribution is -0.140. The van der Waals surface area contributed by atoms with Gasteiger partial charge in [-0.25, -0.2) is 0 Å². The van der Waals surface area contributed by atoms with Crippen LogP contribution in [-0.2, 0) is 45.4 Å². The molecule has 4 heterocycles. The molecule has 2 aromatic heterocycles. The molecule has 2 fully saturated rings. The van der Waals surface area contributed by atoms with Crippen LogP contribution < -0.4 is 29.6 Å². The summed E-state index contributed by atoms with van der Waals surface area (Å²) in [6, 6.07) is 15.4. The van der Waals surface area contributed by atoms with Gasteiger partial charge in [0.05, 0.1) is 51.5 Å². The second-order valence-corrected chi connectivity index (χ2v) is 17.4. The summed E-state index contributed by atoms with van der Waals surface area (Å²) in [5.74, 6) is -1.15. The van der Waals surface area contributed by atoms with E-state index in [1.807, 2.05) is 38.1 Å². The molecule has 2 saturated heterocycles. The first-order valence-corrected chi connectivity index (χ1v) is 23.5. The van der Waals surface area contributed by atoms with Gasteiger partial charge in [0, 0.05) is 76.6 Å². The van der Waals surface area contributed by atoms with E-state index in [2.05, 4.69) is 42.5 Å². The maximum Gasteiger partial charge on any atom is 0.306 e. The molecular formula is C48H62Cl2N6O12. The van der Waals surface area contributed by atoms with Gasteiger partial charge in [-0.3, -0.25) is 19.4 Å². The number of aliphatic carboxylic acids is 2. The van der Waals surface area contributed by atoms with Crippen molar-refractivity contribution in [2.75, 3.05) is 92.0 Å². The van der Waals surface area contributed by atoms with Crippen LogP contribution >= 0.6 is 23.2 Å². The van der Waals surface area contributed by atoms with Crippen LogP contribution in [0.15, 0.2) is 48.5 Å². The number of morpholine rings is 2. The van der Waals surface area contributed by atoms with E-state index in [1.165, 1.54) is 0 Å². The summed E-state index contributed by atoms with van der Waals surface area (Å²) in [4.78, 5) is 35.9. The number of carboxylic acid groups (broad SMARTS) is 2. The molecule has 68 heavy (non-hydrogen) atoms. The van der Waals surface area contributed by atoms with Crippen molar-refractivity contribution in [3.63, 3.8) is 0 Å². The van der Waals surface area contributed by atoms with Crippen LogP contribution in [0.25, 0.3) is 11.1 Å². The Morgan fingerprint density at radius 3 is 1.41 bits per heavy atom. The summed E-state index contributed by atoms with van der Waals surface area (Å²) in [5.41, 5.74) is 7.09. The van der Waals surface area contributed by atoms with E-state index in [9.17, 15) is 19.8 Å². The topological polar surface area (TPSA) is 227 Å². The Labute approximate surface area is 406 Å². The fourth-order valence-corrected chi connectivity index (χ4v) is 8.19. The summed E-state index contributed by atoms with van der Waals surface area (Å²) < 4.78 is 35.8. The predicted molar refractivity (Wildman–Crippen MR) is 254 cm³/mol. The number of halogens is 2. The zero-order valence-electron chi connectivity index (χ0n) is 38.5. The second kappa shape index (κ2) is 26.8. The highest BCUT2D eigenvalue weighted by molar-refractivity contribution is 6.32. The van der Waals surface area contributed by atoms with Crippen LogP contribution in [0.5, 0.6) is 23.5 Å². The monoisotopic (exact) mass is 984 g/mol. The van der Waals surface area contributed by atoms with E-state index < -0.39 is 24.1 Å². The van der Waals surface area contributed by atoms with Gasteiger partial charge in [-0.1, -0.05) is 59.6 Å². The van der Waals surface area contributed by atoms with Gasteiger partial charge in [-0.05, 0) is 59.4 Å². The molecule has 6 N–H and O–H groups in total. The zero-order valence-corrected chi connectivity index (χ0v) is 40.0. The summed E-state index contributed by atoms with van der Waals surface area (Å²) >= 11 is 13.5. The van der Waals surface area contributed by atoms with Gasteiger partial charge in [-0.2, -0.15) is 9.97 Å². The lowest BCUT2D eigenvalue weighted by Gasteiger charge is -2.26. The third kappa shape index (κ3) is 16.1. The highest BCUT2D eigenvalue weighted by Gasteiger charge is 2.20. The Hall–Kier alpha value is -4.86. The lowest BCUT2D eigenvalue weighted by Crippen LogP contribution is -2.38. The smallest absolute Gasteiger partial charge is 0.306 e. The molecule has 0 radical (unpaired) electrons. The Morgan fingerprint density at radius 1 is 0.632 bits per heavy atom. The summed E-state index contributed by atoms with van der Waals surface area (Å²) in [6.07, 6.45) is -2.89. The summed E-state index contributed by atoms with van der Waals surface area (Å²) in [5, 5.41) is 44.9. The van der Waals surface area contributed by atoms with Gasteiger partial charge in [0.25, 0.3) is 0 Å². The Balaban J connectivity index is 1.14. The molecule has 2 aliphatic heterocycles. The number of hydrogen-bond donors (Lipinski definition) is 6. The van der Waals surface area contributed by atoms with Gasteiger partial charge >= 0.3 is 11.9 Å². The third-order valence-electron chi connectivity index (χ3n) is 11.6. The van der Waals surface area contributed by atoms with E-state index >= 15 is 0 Å².